The van der Waals surface area contributed by atoms with E-state index in [-0.39, 0.29) is 6.61 Å². The van der Waals surface area contributed by atoms with Crippen LogP contribution in [0.5, 0.6) is 0 Å². The molecule has 2 heterocycles. The molecular weight excluding hydrogens is 180 g/mol. The van der Waals surface area contributed by atoms with E-state index in [0.29, 0.717) is 11.9 Å². The van der Waals surface area contributed by atoms with Gasteiger partial charge in [0, 0.05) is 12.6 Å². The van der Waals surface area contributed by atoms with Gasteiger partial charge in [-0.3, -0.25) is 0 Å². The number of nitrogens with zero attached hydrogens (tertiary/aromatic N) is 4. The smallest absolute Gasteiger partial charge is 0.158 e. The van der Waals surface area contributed by atoms with Gasteiger partial charge in [-0.15, -0.1) is 10.2 Å². The standard InChI is InChI=1S/C9H16N4O/c1-12-4-2-3-8(12)5-13-7-10-11-9(13)6-14/h7-8,14H,2-6H2,1H3. The van der Waals surface area contributed by atoms with Crippen molar-refractivity contribution in [2.24, 2.45) is 0 Å². The lowest BCUT2D eigenvalue weighted by Gasteiger charge is -2.19. The van der Waals surface area contributed by atoms with Gasteiger partial charge in [-0.2, -0.15) is 0 Å². The number of hydrogen-bond acceptors (Lipinski definition) is 4. The van der Waals surface area contributed by atoms with Gasteiger partial charge in [0.05, 0.1) is 0 Å². The molecular formula is C9H16N4O. The minimum atomic E-state index is -0.0313. The summed E-state index contributed by atoms with van der Waals surface area (Å²) in [6, 6.07) is 0.566. The van der Waals surface area contributed by atoms with E-state index in [9.17, 15) is 0 Å². The summed E-state index contributed by atoms with van der Waals surface area (Å²) < 4.78 is 1.94. The molecule has 5 heteroatoms. The Balaban J connectivity index is 2.02. The van der Waals surface area contributed by atoms with Gasteiger partial charge in [-0.25, -0.2) is 0 Å². The second-order valence-electron chi connectivity index (χ2n) is 3.83. The lowest BCUT2D eigenvalue weighted by Crippen LogP contribution is -2.29. The molecule has 0 aliphatic carbocycles. The van der Waals surface area contributed by atoms with Crippen molar-refractivity contribution in [2.75, 3.05) is 13.6 Å². The molecule has 1 N–H and O–H groups in total. The average Bonchev–Trinajstić information content (AvgIpc) is 2.77. The molecule has 0 amide bonds. The largest absolute Gasteiger partial charge is 0.388 e. The summed E-state index contributed by atoms with van der Waals surface area (Å²) in [5, 5.41) is 16.7. The number of aliphatic hydroxyl groups is 1. The third-order valence-electron chi connectivity index (χ3n) is 2.92. The lowest BCUT2D eigenvalue weighted by molar-refractivity contribution is 0.247. The number of likely N-dealkylation sites (tertiary alicyclic amines) is 1. The summed E-state index contributed by atoms with van der Waals surface area (Å²) >= 11 is 0. The molecule has 1 aromatic rings. The Labute approximate surface area is 83.4 Å². The molecule has 0 bridgehead atoms. The number of rotatable bonds is 3. The van der Waals surface area contributed by atoms with Gasteiger partial charge in [0.25, 0.3) is 0 Å². The van der Waals surface area contributed by atoms with Crippen molar-refractivity contribution in [1.82, 2.24) is 19.7 Å². The summed E-state index contributed by atoms with van der Waals surface area (Å²) in [6.07, 6.45) is 4.18. The molecule has 1 aromatic heterocycles. The molecule has 0 saturated carbocycles. The van der Waals surface area contributed by atoms with E-state index >= 15 is 0 Å². The Kier molecular flexibility index (Phi) is 2.79. The van der Waals surface area contributed by atoms with E-state index in [1.807, 2.05) is 4.57 Å². The van der Waals surface area contributed by atoms with Crippen molar-refractivity contribution >= 4 is 0 Å². The van der Waals surface area contributed by atoms with Crippen molar-refractivity contribution in [3.63, 3.8) is 0 Å². The lowest BCUT2D eigenvalue weighted by atomic mass is 10.2. The summed E-state index contributed by atoms with van der Waals surface area (Å²) in [5.41, 5.74) is 0. The zero-order valence-corrected chi connectivity index (χ0v) is 8.43. The molecule has 1 unspecified atom stereocenters. The molecule has 1 fully saturated rings. The number of aliphatic hydroxyl groups excluding tert-OH is 1. The first-order valence-corrected chi connectivity index (χ1v) is 4.99. The van der Waals surface area contributed by atoms with Crippen LogP contribution in [0.25, 0.3) is 0 Å². The maximum atomic E-state index is 9.01. The monoisotopic (exact) mass is 196 g/mol. The van der Waals surface area contributed by atoms with Crippen LogP contribution in [0.3, 0.4) is 0 Å². The zero-order valence-electron chi connectivity index (χ0n) is 8.43. The van der Waals surface area contributed by atoms with E-state index in [2.05, 4.69) is 22.1 Å². The van der Waals surface area contributed by atoms with Crippen LogP contribution in [0, 0.1) is 0 Å². The van der Waals surface area contributed by atoms with E-state index in [1.165, 1.54) is 19.4 Å². The Bertz CT molecular complexity index is 299. The molecule has 1 atom stereocenters. The third kappa shape index (κ3) is 1.78. The highest BCUT2D eigenvalue weighted by atomic mass is 16.3. The van der Waals surface area contributed by atoms with Crippen LogP contribution in [0.15, 0.2) is 6.33 Å². The minimum Gasteiger partial charge on any atom is -0.388 e. The average molecular weight is 196 g/mol. The Morgan fingerprint density at radius 1 is 1.64 bits per heavy atom. The van der Waals surface area contributed by atoms with Gasteiger partial charge in [0.2, 0.25) is 0 Å². The summed E-state index contributed by atoms with van der Waals surface area (Å²) in [4.78, 5) is 2.35. The van der Waals surface area contributed by atoms with Gasteiger partial charge in [0.1, 0.15) is 12.9 Å². The highest BCUT2D eigenvalue weighted by Gasteiger charge is 2.21. The maximum absolute atomic E-state index is 9.01. The van der Waals surface area contributed by atoms with Gasteiger partial charge in [-0.05, 0) is 26.4 Å². The fraction of sp³-hybridized carbons (Fsp3) is 0.778. The maximum Gasteiger partial charge on any atom is 0.158 e. The van der Waals surface area contributed by atoms with Crippen LogP contribution >= 0.6 is 0 Å². The van der Waals surface area contributed by atoms with Gasteiger partial charge in [0.15, 0.2) is 5.82 Å². The highest BCUT2D eigenvalue weighted by molar-refractivity contribution is 4.86. The molecule has 2 rings (SSSR count). The van der Waals surface area contributed by atoms with Crippen LogP contribution < -0.4 is 0 Å². The van der Waals surface area contributed by atoms with Crippen molar-refractivity contribution in [3.05, 3.63) is 12.2 Å². The Morgan fingerprint density at radius 2 is 2.50 bits per heavy atom. The van der Waals surface area contributed by atoms with Crippen LogP contribution in [0.4, 0.5) is 0 Å². The van der Waals surface area contributed by atoms with E-state index in [4.69, 9.17) is 5.11 Å². The predicted molar refractivity (Wildman–Crippen MR) is 51.6 cm³/mol. The van der Waals surface area contributed by atoms with Crippen molar-refractivity contribution in [3.8, 4) is 0 Å². The second-order valence-corrected chi connectivity index (χ2v) is 3.83. The fourth-order valence-electron chi connectivity index (χ4n) is 1.99. The van der Waals surface area contributed by atoms with Crippen molar-refractivity contribution in [1.29, 1.82) is 0 Å². The normalized spacial score (nSPS) is 23.1. The first-order chi connectivity index (χ1) is 6.81. The topological polar surface area (TPSA) is 54.2 Å². The van der Waals surface area contributed by atoms with Crippen molar-refractivity contribution < 1.29 is 5.11 Å². The van der Waals surface area contributed by atoms with Crippen LogP contribution in [0.1, 0.15) is 18.7 Å². The Hall–Kier alpha value is -0.940. The second kappa shape index (κ2) is 4.06. The summed E-state index contributed by atoms with van der Waals surface area (Å²) in [5.74, 6) is 0.658. The van der Waals surface area contributed by atoms with Crippen LogP contribution in [-0.4, -0.2) is 44.4 Å². The van der Waals surface area contributed by atoms with E-state index in [1.54, 1.807) is 6.33 Å². The molecule has 1 saturated heterocycles. The molecule has 14 heavy (non-hydrogen) atoms. The highest BCUT2D eigenvalue weighted by Crippen LogP contribution is 2.16. The first kappa shape index (κ1) is 9.61. The minimum absolute atomic E-state index is 0.0313. The quantitative estimate of drug-likeness (QED) is 0.731. The van der Waals surface area contributed by atoms with Gasteiger partial charge < -0.3 is 14.6 Å². The van der Waals surface area contributed by atoms with E-state index in [0.717, 1.165) is 6.54 Å². The number of hydrogen-bond donors (Lipinski definition) is 1. The number of aromatic nitrogens is 3. The van der Waals surface area contributed by atoms with Crippen molar-refractivity contribution in [2.45, 2.75) is 32.0 Å². The van der Waals surface area contributed by atoms with Gasteiger partial charge in [-0.1, -0.05) is 0 Å². The van der Waals surface area contributed by atoms with E-state index < -0.39 is 0 Å². The Morgan fingerprint density at radius 3 is 3.14 bits per heavy atom. The summed E-state index contributed by atoms with van der Waals surface area (Å²) in [7, 11) is 2.14. The van der Waals surface area contributed by atoms with Crippen LogP contribution in [-0.2, 0) is 13.2 Å². The number of likely N-dealkylation sites (N-methyl/N-ethyl adjacent to an activating group) is 1. The van der Waals surface area contributed by atoms with Crippen LogP contribution in [0.2, 0.25) is 0 Å². The molecule has 78 valence electrons. The molecule has 1 aliphatic rings. The molecule has 0 spiro atoms. The third-order valence-corrected chi connectivity index (χ3v) is 2.92. The summed E-state index contributed by atoms with van der Waals surface area (Å²) in [6.45, 7) is 2.02. The fourth-order valence-corrected chi connectivity index (χ4v) is 1.99. The predicted octanol–water partition coefficient (Wildman–Crippen LogP) is -0.135. The molecule has 0 aromatic carbocycles. The SMILES string of the molecule is CN1CCCC1Cn1cnnc1CO. The first-order valence-electron chi connectivity index (χ1n) is 4.99. The van der Waals surface area contributed by atoms with Gasteiger partial charge >= 0.3 is 0 Å². The zero-order chi connectivity index (χ0) is 9.97. The molecule has 1 aliphatic heterocycles. The molecule has 5 nitrogen and oxygen atoms in total. The molecule has 0 radical (unpaired) electrons.